The van der Waals surface area contributed by atoms with Crippen molar-refractivity contribution in [3.8, 4) is 11.5 Å². The normalized spacial score (nSPS) is 25.5. The number of methoxy groups -OCH3 is 1. The fraction of sp³-hybridized carbons (Fsp3) is 0.412. The number of esters is 1. The zero-order valence-electron chi connectivity index (χ0n) is 25.2. The molecular formula is C34H34ClFN4O5. The van der Waals surface area contributed by atoms with Gasteiger partial charge in [-0.25, -0.2) is 14.2 Å². The van der Waals surface area contributed by atoms with Crippen LogP contribution in [0.3, 0.4) is 0 Å². The Morgan fingerprint density at radius 1 is 1.09 bits per heavy atom. The lowest BCUT2D eigenvalue weighted by molar-refractivity contribution is -0.0706. The van der Waals surface area contributed by atoms with Gasteiger partial charge in [0.1, 0.15) is 11.6 Å². The number of hydrogen-bond donors (Lipinski definition) is 0. The Labute approximate surface area is 265 Å². The summed E-state index contributed by atoms with van der Waals surface area (Å²) in [5, 5.41) is 0.322. The third kappa shape index (κ3) is 4.81. The van der Waals surface area contributed by atoms with Crippen molar-refractivity contribution >= 4 is 34.3 Å². The standard InChI is InChI=1S/C34H34ClFN4O5/c1-34(23-8-7-21(35)17-24(23)36)44-30-5-3-4-28(32(30)45-34)39-14-13-38(26-10-11-27(26)39)19-31-37-25-9-6-20(33(41)42-2)16-29(25)40(31)18-22-12-15-43-22/h3-9,16-17,22,26-27H,10-15,18-19H2,1-2H3/t22-,26+,27-,34+/m0/s1. The quantitative estimate of drug-likeness (QED) is 0.233. The van der Waals surface area contributed by atoms with Crippen LogP contribution in [0, 0.1) is 5.82 Å². The van der Waals surface area contributed by atoms with Crippen molar-refractivity contribution in [2.75, 3.05) is 31.7 Å². The first-order valence-corrected chi connectivity index (χ1v) is 15.9. The number of nitrogens with zero attached hydrogens (tertiary/aromatic N) is 4. The van der Waals surface area contributed by atoms with Gasteiger partial charge in [0.25, 0.3) is 5.79 Å². The summed E-state index contributed by atoms with van der Waals surface area (Å²) in [6.07, 6.45) is 3.30. The van der Waals surface area contributed by atoms with E-state index in [2.05, 4.69) is 20.4 Å². The van der Waals surface area contributed by atoms with Gasteiger partial charge >= 0.3 is 5.97 Å². The zero-order valence-corrected chi connectivity index (χ0v) is 25.9. The van der Waals surface area contributed by atoms with Crippen molar-refractivity contribution in [1.29, 1.82) is 0 Å². The number of ether oxygens (including phenoxy) is 4. The maximum Gasteiger partial charge on any atom is 0.337 e. The topological polar surface area (TPSA) is 78.3 Å². The van der Waals surface area contributed by atoms with Gasteiger partial charge in [-0.05, 0) is 67.8 Å². The number of piperazine rings is 1. The molecule has 0 bridgehead atoms. The van der Waals surface area contributed by atoms with E-state index < -0.39 is 11.6 Å². The van der Waals surface area contributed by atoms with E-state index in [0.29, 0.717) is 52.8 Å². The number of fused-ring (bicyclic) bond motifs is 3. The predicted octanol–water partition coefficient (Wildman–Crippen LogP) is 5.90. The lowest BCUT2D eigenvalue weighted by Crippen LogP contribution is -2.64. The maximum absolute atomic E-state index is 14.9. The summed E-state index contributed by atoms with van der Waals surface area (Å²) in [6.45, 7) is 5.55. The Bertz CT molecular complexity index is 1810. The highest BCUT2D eigenvalue weighted by Gasteiger charge is 2.47. The van der Waals surface area contributed by atoms with E-state index in [1.54, 1.807) is 25.1 Å². The van der Waals surface area contributed by atoms with Gasteiger partial charge in [-0.15, -0.1) is 0 Å². The molecule has 0 amide bonds. The number of halogens is 2. The van der Waals surface area contributed by atoms with Gasteiger partial charge in [0.15, 0.2) is 11.5 Å². The molecule has 4 aliphatic rings. The highest BCUT2D eigenvalue weighted by molar-refractivity contribution is 6.30. The lowest BCUT2D eigenvalue weighted by atomic mass is 9.81. The van der Waals surface area contributed by atoms with Gasteiger partial charge in [-0.1, -0.05) is 17.7 Å². The van der Waals surface area contributed by atoms with Crippen molar-refractivity contribution < 1.29 is 28.1 Å². The number of carbonyl (C=O) groups excluding carboxylic acids is 1. The minimum atomic E-state index is -1.30. The largest absolute Gasteiger partial charge is 0.465 e. The van der Waals surface area contributed by atoms with Crippen molar-refractivity contribution in [3.05, 3.63) is 82.4 Å². The number of para-hydroxylation sites is 1. The van der Waals surface area contributed by atoms with Gasteiger partial charge in [0.2, 0.25) is 0 Å². The molecule has 8 rings (SSSR count). The summed E-state index contributed by atoms with van der Waals surface area (Å²) < 4.78 is 40.6. The first-order chi connectivity index (χ1) is 21.8. The molecule has 1 aliphatic carbocycles. The van der Waals surface area contributed by atoms with Crippen molar-refractivity contribution in [2.45, 2.75) is 63.3 Å². The maximum atomic E-state index is 14.9. The summed E-state index contributed by atoms with van der Waals surface area (Å²) in [7, 11) is 1.40. The van der Waals surface area contributed by atoms with E-state index in [0.717, 1.165) is 61.5 Å². The lowest BCUT2D eigenvalue weighted by Gasteiger charge is -2.54. The van der Waals surface area contributed by atoms with Crippen LogP contribution >= 0.6 is 11.6 Å². The third-order valence-electron chi connectivity index (χ3n) is 9.76. The molecule has 9 nitrogen and oxygen atoms in total. The Morgan fingerprint density at radius 2 is 1.93 bits per heavy atom. The molecule has 0 N–H and O–H groups in total. The molecule has 45 heavy (non-hydrogen) atoms. The number of benzene rings is 3. The molecule has 1 saturated carbocycles. The van der Waals surface area contributed by atoms with E-state index in [-0.39, 0.29) is 12.1 Å². The first kappa shape index (κ1) is 28.6. The Hall–Kier alpha value is -3.86. The summed E-state index contributed by atoms with van der Waals surface area (Å²) in [5.74, 6) is 0.0754. The zero-order chi connectivity index (χ0) is 30.9. The van der Waals surface area contributed by atoms with Crippen molar-refractivity contribution in [2.24, 2.45) is 0 Å². The summed E-state index contributed by atoms with van der Waals surface area (Å²) >= 11 is 6.01. The van der Waals surface area contributed by atoms with Crippen LogP contribution in [-0.4, -0.2) is 65.4 Å². The number of carbonyl (C=O) groups is 1. The van der Waals surface area contributed by atoms with Crippen LogP contribution in [0.5, 0.6) is 11.5 Å². The van der Waals surface area contributed by atoms with Crippen LogP contribution in [0.15, 0.2) is 54.6 Å². The molecule has 4 atom stereocenters. The molecule has 0 unspecified atom stereocenters. The second kappa shape index (κ2) is 10.9. The molecule has 0 spiro atoms. The number of hydrogen-bond acceptors (Lipinski definition) is 8. The smallest absolute Gasteiger partial charge is 0.337 e. The van der Waals surface area contributed by atoms with E-state index in [9.17, 15) is 9.18 Å². The SMILES string of the molecule is COC(=O)c1ccc2nc(CN3CCN(c4cccc5c4O[C@](C)(c4ccc(Cl)cc4F)O5)[C@H]4CC[C@H]43)n(C[C@@H]3CCO3)c2c1. The fourth-order valence-corrected chi connectivity index (χ4v) is 7.34. The van der Waals surface area contributed by atoms with Gasteiger partial charge in [-0.3, -0.25) is 4.90 Å². The molecule has 11 heteroatoms. The molecule has 0 radical (unpaired) electrons. The van der Waals surface area contributed by atoms with Crippen molar-refractivity contribution in [3.63, 3.8) is 0 Å². The third-order valence-corrected chi connectivity index (χ3v) is 10.00. The molecule has 1 aromatic heterocycles. The van der Waals surface area contributed by atoms with Crippen LogP contribution in [0.25, 0.3) is 11.0 Å². The van der Waals surface area contributed by atoms with Crippen LogP contribution < -0.4 is 14.4 Å². The summed E-state index contributed by atoms with van der Waals surface area (Å²) in [6, 6.07) is 16.6. The highest BCUT2D eigenvalue weighted by Crippen LogP contribution is 2.51. The van der Waals surface area contributed by atoms with Crippen LogP contribution in [0.1, 0.15) is 47.9 Å². The number of rotatable bonds is 7. The average molecular weight is 633 g/mol. The molecule has 3 fully saturated rings. The Morgan fingerprint density at radius 3 is 2.67 bits per heavy atom. The van der Waals surface area contributed by atoms with Crippen LogP contribution in [0.4, 0.5) is 10.1 Å². The number of aromatic nitrogens is 2. The minimum Gasteiger partial charge on any atom is -0.465 e. The molecule has 4 heterocycles. The average Bonchev–Trinajstić information content (AvgIpc) is 3.51. The van der Waals surface area contributed by atoms with E-state index in [1.807, 2.05) is 24.3 Å². The number of imidazole rings is 1. The van der Waals surface area contributed by atoms with Gasteiger partial charge < -0.3 is 28.4 Å². The first-order valence-electron chi connectivity index (χ1n) is 15.5. The predicted molar refractivity (Wildman–Crippen MR) is 166 cm³/mol. The van der Waals surface area contributed by atoms with E-state index >= 15 is 0 Å². The second-order valence-corrected chi connectivity index (χ2v) is 12.8. The Balaban J connectivity index is 1.05. The van der Waals surface area contributed by atoms with Gasteiger partial charge in [0, 0.05) is 43.7 Å². The highest BCUT2D eigenvalue weighted by atomic mass is 35.5. The van der Waals surface area contributed by atoms with Gasteiger partial charge in [-0.2, -0.15) is 0 Å². The molecule has 2 saturated heterocycles. The number of anilines is 1. The fourth-order valence-electron chi connectivity index (χ4n) is 7.18. The van der Waals surface area contributed by atoms with Crippen LogP contribution in [0.2, 0.25) is 5.02 Å². The molecule has 4 aromatic rings. The molecule has 234 valence electrons. The van der Waals surface area contributed by atoms with E-state index in [4.69, 9.17) is 35.5 Å². The Kier molecular flexibility index (Phi) is 6.92. The minimum absolute atomic E-state index is 0.144. The van der Waals surface area contributed by atoms with Crippen LogP contribution in [-0.2, 0) is 28.4 Å². The van der Waals surface area contributed by atoms with Gasteiger partial charge in [0.05, 0.1) is 54.2 Å². The molecule has 3 aliphatic heterocycles. The van der Waals surface area contributed by atoms with Crippen molar-refractivity contribution in [1.82, 2.24) is 14.5 Å². The summed E-state index contributed by atoms with van der Waals surface area (Å²) in [4.78, 5) is 22.3. The monoisotopic (exact) mass is 632 g/mol. The van der Waals surface area contributed by atoms with E-state index in [1.165, 1.54) is 13.2 Å². The summed E-state index contributed by atoms with van der Waals surface area (Å²) in [5.41, 5.74) is 3.55. The second-order valence-electron chi connectivity index (χ2n) is 12.4. The molecule has 3 aromatic carbocycles. The molecular weight excluding hydrogens is 599 g/mol.